The summed E-state index contributed by atoms with van der Waals surface area (Å²) in [6, 6.07) is 14.6. The molecular weight excluding hydrogens is 421 g/mol. The molecule has 0 unspecified atom stereocenters. The van der Waals surface area contributed by atoms with E-state index in [1.165, 1.54) is 24.3 Å². The van der Waals surface area contributed by atoms with Crippen LogP contribution >= 0.6 is 0 Å². The minimum Gasteiger partial charge on any atom is -0.488 e. The van der Waals surface area contributed by atoms with Crippen LogP contribution in [0.5, 0.6) is 5.75 Å². The topological polar surface area (TPSA) is 64.5 Å². The minimum atomic E-state index is -0.442. The molecule has 0 aliphatic carbocycles. The third-order valence-electron chi connectivity index (χ3n) is 6.05. The van der Waals surface area contributed by atoms with Crippen molar-refractivity contribution in [2.75, 3.05) is 25.2 Å². The molecule has 0 spiro atoms. The molecule has 0 saturated carbocycles. The number of hydrogen-bond donors (Lipinski definition) is 0. The van der Waals surface area contributed by atoms with E-state index in [0.717, 1.165) is 25.8 Å². The van der Waals surface area contributed by atoms with Gasteiger partial charge in [0.15, 0.2) is 11.6 Å². The van der Waals surface area contributed by atoms with Crippen LogP contribution in [-0.2, 0) is 17.6 Å². The summed E-state index contributed by atoms with van der Waals surface area (Å²) in [5.74, 6) is -0.0197. The molecular formula is C26H28FN3O3. The first kappa shape index (κ1) is 22.7. The SMILES string of the molecule is COC(=O)c1cnc(N2CCC[C@@H]2COc2ccccc2F)nc1CCc1ccccc1C. The van der Waals surface area contributed by atoms with Crippen molar-refractivity contribution in [2.45, 2.75) is 38.6 Å². The first-order valence-corrected chi connectivity index (χ1v) is 11.2. The summed E-state index contributed by atoms with van der Waals surface area (Å²) in [7, 11) is 1.36. The number of para-hydroxylation sites is 1. The molecule has 172 valence electrons. The fraction of sp³-hybridized carbons (Fsp3) is 0.346. The van der Waals surface area contributed by atoms with Crippen molar-refractivity contribution in [2.24, 2.45) is 0 Å². The fourth-order valence-electron chi connectivity index (χ4n) is 4.18. The molecule has 1 fully saturated rings. The Bertz CT molecular complexity index is 1120. The number of halogens is 1. The minimum absolute atomic E-state index is 0.0257. The Morgan fingerprint density at radius 1 is 1.15 bits per heavy atom. The molecule has 0 amide bonds. The van der Waals surface area contributed by atoms with E-state index in [1.807, 2.05) is 12.1 Å². The molecule has 33 heavy (non-hydrogen) atoms. The number of methoxy groups -OCH3 is 1. The normalized spacial score (nSPS) is 15.5. The lowest BCUT2D eigenvalue weighted by Gasteiger charge is -2.25. The second kappa shape index (κ2) is 10.4. The Labute approximate surface area is 193 Å². The van der Waals surface area contributed by atoms with Gasteiger partial charge in [0.2, 0.25) is 5.95 Å². The first-order valence-electron chi connectivity index (χ1n) is 11.2. The number of ether oxygens (including phenoxy) is 2. The Hall–Kier alpha value is -3.48. The lowest BCUT2D eigenvalue weighted by atomic mass is 10.0. The molecule has 7 heteroatoms. The van der Waals surface area contributed by atoms with Gasteiger partial charge in [-0.05, 0) is 55.9 Å². The Morgan fingerprint density at radius 2 is 1.94 bits per heavy atom. The zero-order valence-corrected chi connectivity index (χ0v) is 19.0. The number of hydrogen-bond acceptors (Lipinski definition) is 6. The molecule has 1 aromatic heterocycles. The number of carbonyl (C=O) groups is 1. The highest BCUT2D eigenvalue weighted by atomic mass is 19.1. The van der Waals surface area contributed by atoms with Crippen LogP contribution in [0.25, 0.3) is 0 Å². The standard InChI is InChI=1S/C26H28FN3O3/c1-18-8-3-4-9-19(18)13-14-23-21(25(31)32-2)16-28-26(29-23)30-15-7-10-20(30)17-33-24-12-6-5-11-22(24)27/h3-6,8-9,11-12,16,20H,7,10,13-15,17H2,1-2H3/t20-/m1/s1. The zero-order chi connectivity index (χ0) is 23.2. The summed E-state index contributed by atoms with van der Waals surface area (Å²) in [6.07, 6.45) is 4.76. The Balaban J connectivity index is 1.53. The summed E-state index contributed by atoms with van der Waals surface area (Å²) in [4.78, 5) is 23.7. The van der Waals surface area contributed by atoms with Crippen LogP contribution in [0.15, 0.2) is 54.7 Å². The molecule has 3 aromatic rings. The van der Waals surface area contributed by atoms with Crippen molar-refractivity contribution < 1.29 is 18.7 Å². The largest absolute Gasteiger partial charge is 0.488 e. The number of esters is 1. The van der Waals surface area contributed by atoms with Gasteiger partial charge in [-0.25, -0.2) is 19.2 Å². The Kier molecular flexibility index (Phi) is 7.17. The number of nitrogens with zero attached hydrogens (tertiary/aromatic N) is 3. The van der Waals surface area contributed by atoms with Crippen LogP contribution in [0.2, 0.25) is 0 Å². The molecule has 6 nitrogen and oxygen atoms in total. The molecule has 4 rings (SSSR count). The molecule has 0 N–H and O–H groups in total. The average molecular weight is 450 g/mol. The van der Waals surface area contributed by atoms with Crippen LogP contribution in [0.3, 0.4) is 0 Å². The maximum atomic E-state index is 13.9. The lowest BCUT2D eigenvalue weighted by Crippen LogP contribution is -2.36. The van der Waals surface area contributed by atoms with Gasteiger partial charge in [0.25, 0.3) is 0 Å². The second-order valence-electron chi connectivity index (χ2n) is 8.18. The number of anilines is 1. The average Bonchev–Trinajstić information content (AvgIpc) is 3.31. The van der Waals surface area contributed by atoms with Gasteiger partial charge < -0.3 is 14.4 Å². The van der Waals surface area contributed by atoms with E-state index in [0.29, 0.717) is 30.2 Å². The summed E-state index contributed by atoms with van der Waals surface area (Å²) in [6.45, 7) is 3.19. The third kappa shape index (κ3) is 5.30. The number of rotatable bonds is 8. The summed E-state index contributed by atoms with van der Waals surface area (Å²) >= 11 is 0. The van der Waals surface area contributed by atoms with E-state index in [-0.39, 0.29) is 17.6 Å². The van der Waals surface area contributed by atoms with Crippen molar-refractivity contribution in [1.82, 2.24) is 9.97 Å². The van der Waals surface area contributed by atoms with Gasteiger partial charge in [-0.1, -0.05) is 36.4 Å². The first-order chi connectivity index (χ1) is 16.1. The lowest BCUT2D eigenvalue weighted by molar-refractivity contribution is 0.0598. The van der Waals surface area contributed by atoms with Crippen molar-refractivity contribution in [3.05, 3.63) is 82.9 Å². The quantitative estimate of drug-likeness (QED) is 0.471. The zero-order valence-electron chi connectivity index (χ0n) is 19.0. The molecule has 1 atom stereocenters. The molecule has 1 saturated heterocycles. The molecule has 2 heterocycles. The molecule has 0 bridgehead atoms. The highest BCUT2D eigenvalue weighted by molar-refractivity contribution is 5.90. The predicted molar refractivity (Wildman–Crippen MR) is 124 cm³/mol. The van der Waals surface area contributed by atoms with Crippen LogP contribution in [0.4, 0.5) is 10.3 Å². The van der Waals surface area contributed by atoms with E-state index in [1.54, 1.807) is 24.4 Å². The Morgan fingerprint density at radius 3 is 2.73 bits per heavy atom. The second-order valence-corrected chi connectivity index (χ2v) is 8.18. The van der Waals surface area contributed by atoms with Crippen molar-refractivity contribution in [3.8, 4) is 5.75 Å². The summed E-state index contributed by atoms with van der Waals surface area (Å²) in [5, 5.41) is 0. The molecule has 1 aliphatic heterocycles. The summed E-state index contributed by atoms with van der Waals surface area (Å²) < 4.78 is 24.6. The van der Waals surface area contributed by atoms with Gasteiger partial charge in [-0.15, -0.1) is 0 Å². The highest BCUT2D eigenvalue weighted by Crippen LogP contribution is 2.26. The molecule has 1 aliphatic rings. The predicted octanol–water partition coefficient (Wildman–Crippen LogP) is 4.54. The third-order valence-corrected chi connectivity index (χ3v) is 6.05. The molecule has 2 aromatic carbocycles. The van der Waals surface area contributed by atoms with Gasteiger partial charge in [0.1, 0.15) is 6.61 Å². The number of carbonyl (C=O) groups excluding carboxylic acids is 1. The number of aryl methyl sites for hydroxylation is 3. The maximum Gasteiger partial charge on any atom is 0.341 e. The molecule has 0 radical (unpaired) electrons. The van der Waals surface area contributed by atoms with E-state index in [4.69, 9.17) is 14.5 Å². The van der Waals surface area contributed by atoms with Gasteiger partial charge in [0.05, 0.1) is 24.4 Å². The van der Waals surface area contributed by atoms with Crippen LogP contribution in [0, 0.1) is 12.7 Å². The van der Waals surface area contributed by atoms with Gasteiger partial charge in [-0.3, -0.25) is 0 Å². The smallest absolute Gasteiger partial charge is 0.341 e. The van der Waals surface area contributed by atoms with Gasteiger partial charge in [0, 0.05) is 12.7 Å². The highest BCUT2D eigenvalue weighted by Gasteiger charge is 2.29. The number of aromatic nitrogens is 2. The van der Waals surface area contributed by atoms with Crippen molar-refractivity contribution in [1.29, 1.82) is 0 Å². The summed E-state index contributed by atoms with van der Waals surface area (Å²) in [5.41, 5.74) is 3.46. The van der Waals surface area contributed by atoms with E-state index in [2.05, 4.69) is 28.9 Å². The monoisotopic (exact) mass is 449 g/mol. The van der Waals surface area contributed by atoms with Crippen LogP contribution in [0.1, 0.15) is 40.0 Å². The van der Waals surface area contributed by atoms with E-state index < -0.39 is 5.97 Å². The maximum absolute atomic E-state index is 13.9. The van der Waals surface area contributed by atoms with Crippen LogP contribution < -0.4 is 9.64 Å². The van der Waals surface area contributed by atoms with Crippen molar-refractivity contribution >= 4 is 11.9 Å². The fourth-order valence-corrected chi connectivity index (χ4v) is 4.18. The van der Waals surface area contributed by atoms with E-state index >= 15 is 0 Å². The van der Waals surface area contributed by atoms with Crippen LogP contribution in [-0.4, -0.2) is 42.2 Å². The number of benzene rings is 2. The van der Waals surface area contributed by atoms with Crippen molar-refractivity contribution in [3.63, 3.8) is 0 Å². The van der Waals surface area contributed by atoms with Gasteiger partial charge >= 0.3 is 5.97 Å². The van der Waals surface area contributed by atoms with E-state index in [9.17, 15) is 9.18 Å². The van der Waals surface area contributed by atoms with Gasteiger partial charge in [-0.2, -0.15) is 0 Å².